The summed E-state index contributed by atoms with van der Waals surface area (Å²) >= 11 is 0. The van der Waals surface area contributed by atoms with Gasteiger partial charge in [-0.25, -0.2) is 0 Å². The maximum atomic E-state index is 12.5. The topological polar surface area (TPSA) is 52.6 Å². The van der Waals surface area contributed by atoms with Crippen LogP contribution in [0.5, 0.6) is 5.75 Å². The summed E-state index contributed by atoms with van der Waals surface area (Å²) in [7, 11) is 0. The summed E-state index contributed by atoms with van der Waals surface area (Å²) in [5, 5.41) is 13.2. The Morgan fingerprint density at radius 1 is 1.45 bits per heavy atom. The van der Waals surface area contributed by atoms with Gasteiger partial charge >= 0.3 is 0 Å². The third-order valence-electron chi connectivity index (χ3n) is 3.83. The third-order valence-corrected chi connectivity index (χ3v) is 3.83. The van der Waals surface area contributed by atoms with Crippen molar-refractivity contribution in [2.75, 3.05) is 19.6 Å². The first-order valence-electron chi connectivity index (χ1n) is 7.49. The molecule has 4 heteroatoms. The van der Waals surface area contributed by atoms with Crippen molar-refractivity contribution >= 4 is 5.91 Å². The predicted molar refractivity (Wildman–Crippen MR) is 79.7 cm³/mol. The molecule has 0 saturated carbocycles. The molecule has 1 aliphatic rings. The molecule has 2 N–H and O–H groups in total. The molecule has 20 heavy (non-hydrogen) atoms. The Morgan fingerprint density at radius 3 is 2.90 bits per heavy atom. The van der Waals surface area contributed by atoms with Crippen molar-refractivity contribution in [1.29, 1.82) is 0 Å². The number of benzene rings is 1. The molecule has 1 heterocycles. The summed E-state index contributed by atoms with van der Waals surface area (Å²) in [6, 6.07) is 7.38. The number of nitrogens with zero attached hydrogens (tertiary/aromatic N) is 1. The fraction of sp³-hybridized carbons (Fsp3) is 0.562. The lowest BCUT2D eigenvalue weighted by atomic mass is 10.0. The molecule has 0 aliphatic carbocycles. The van der Waals surface area contributed by atoms with Crippen LogP contribution in [-0.4, -0.2) is 41.6 Å². The van der Waals surface area contributed by atoms with E-state index in [1.165, 1.54) is 0 Å². The molecular weight excluding hydrogens is 252 g/mol. The normalized spacial score (nSPS) is 18.8. The van der Waals surface area contributed by atoms with Gasteiger partial charge in [-0.1, -0.05) is 25.1 Å². The summed E-state index contributed by atoms with van der Waals surface area (Å²) in [6.45, 7) is 4.81. The zero-order chi connectivity index (χ0) is 14.4. The molecular formula is C16H24N2O2. The molecule has 0 spiro atoms. The molecule has 1 aromatic rings. The van der Waals surface area contributed by atoms with Crippen LogP contribution in [0.1, 0.15) is 31.7 Å². The lowest BCUT2D eigenvalue weighted by Gasteiger charge is -2.34. The van der Waals surface area contributed by atoms with E-state index in [-0.39, 0.29) is 18.1 Å². The first-order valence-corrected chi connectivity index (χ1v) is 7.49. The Kier molecular flexibility index (Phi) is 5.41. The summed E-state index contributed by atoms with van der Waals surface area (Å²) in [6.07, 6.45) is 3.43. The molecule has 0 aromatic heterocycles. The minimum absolute atomic E-state index is 0.113. The van der Waals surface area contributed by atoms with Crippen LogP contribution in [0.15, 0.2) is 24.3 Å². The Balaban J connectivity index is 2.04. The molecule has 0 radical (unpaired) electrons. The predicted octanol–water partition coefficient (Wildman–Crippen LogP) is 1.93. The van der Waals surface area contributed by atoms with Gasteiger partial charge in [0.2, 0.25) is 5.91 Å². The van der Waals surface area contributed by atoms with E-state index < -0.39 is 0 Å². The van der Waals surface area contributed by atoms with Crippen molar-refractivity contribution < 1.29 is 9.90 Å². The molecule has 0 bridgehead atoms. The number of amides is 1. The number of piperidine rings is 1. The van der Waals surface area contributed by atoms with Gasteiger partial charge in [-0.2, -0.15) is 0 Å². The number of phenolic OH excluding ortho intramolecular Hbond substituents is 1. The molecule has 1 unspecified atom stereocenters. The summed E-state index contributed by atoms with van der Waals surface area (Å²) in [4.78, 5) is 14.5. The number of nitrogens with one attached hydrogen (secondary N) is 1. The lowest BCUT2D eigenvalue weighted by Crippen LogP contribution is -2.49. The average molecular weight is 276 g/mol. The minimum atomic E-state index is 0.113. The van der Waals surface area contributed by atoms with E-state index in [0.29, 0.717) is 11.6 Å². The third kappa shape index (κ3) is 3.73. The summed E-state index contributed by atoms with van der Waals surface area (Å²) in [5.74, 6) is 0.320. The number of carbonyl (C=O) groups is 1. The number of para-hydroxylation sites is 1. The maximum absolute atomic E-state index is 12.5. The average Bonchev–Trinajstić information content (AvgIpc) is 2.48. The van der Waals surface area contributed by atoms with Crippen LogP contribution in [0.4, 0.5) is 0 Å². The Labute approximate surface area is 120 Å². The monoisotopic (exact) mass is 276 g/mol. The van der Waals surface area contributed by atoms with Crippen molar-refractivity contribution in [2.45, 2.75) is 38.6 Å². The summed E-state index contributed by atoms with van der Waals surface area (Å²) in [5.41, 5.74) is 0.711. The first kappa shape index (κ1) is 14.9. The number of rotatable bonds is 5. The van der Waals surface area contributed by atoms with Crippen LogP contribution in [0.25, 0.3) is 0 Å². The van der Waals surface area contributed by atoms with Crippen LogP contribution in [0.2, 0.25) is 0 Å². The van der Waals surface area contributed by atoms with Crippen LogP contribution in [0.3, 0.4) is 0 Å². The molecule has 1 aliphatic heterocycles. The standard InChI is InChI=1S/C16H24N2O2/c1-2-10-18(14-7-5-9-17-12-14)16(20)11-13-6-3-4-8-15(13)19/h3-4,6,8,14,17,19H,2,5,7,9-12H2,1H3. The fourth-order valence-electron chi connectivity index (χ4n) is 2.78. The van der Waals surface area contributed by atoms with E-state index in [2.05, 4.69) is 12.2 Å². The lowest BCUT2D eigenvalue weighted by molar-refractivity contribution is -0.133. The van der Waals surface area contributed by atoms with Gasteiger partial charge in [0.1, 0.15) is 5.75 Å². The molecule has 1 amide bonds. The van der Waals surface area contributed by atoms with Gasteiger partial charge in [-0.05, 0) is 31.9 Å². The number of hydrogen-bond acceptors (Lipinski definition) is 3. The van der Waals surface area contributed by atoms with E-state index in [4.69, 9.17) is 0 Å². The molecule has 2 rings (SSSR count). The Hall–Kier alpha value is -1.55. The van der Waals surface area contributed by atoms with Crippen molar-refractivity contribution in [3.63, 3.8) is 0 Å². The van der Waals surface area contributed by atoms with Gasteiger partial charge in [0, 0.05) is 24.7 Å². The van der Waals surface area contributed by atoms with E-state index in [0.717, 1.165) is 38.9 Å². The molecule has 1 atom stereocenters. The SMILES string of the molecule is CCCN(C(=O)Cc1ccccc1O)C1CCCNC1. The highest BCUT2D eigenvalue weighted by atomic mass is 16.3. The highest BCUT2D eigenvalue weighted by Gasteiger charge is 2.24. The van der Waals surface area contributed by atoms with E-state index in [1.54, 1.807) is 12.1 Å². The fourth-order valence-corrected chi connectivity index (χ4v) is 2.78. The second-order valence-corrected chi connectivity index (χ2v) is 5.39. The van der Waals surface area contributed by atoms with Crippen molar-refractivity contribution in [2.24, 2.45) is 0 Å². The van der Waals surface area contributed by atoms with E-state index in [9.17, 15) is 9.90 Å². The second kappa shape index (κ2) is 7.29. The van der Waals surface area contributed by atoms with Gasteiger partial charge in [0.05, 0.1) is 6.42 Å². The molecule has 1 fully saturated rings. The number of phenols is 1. The highest BCUT2D eigenvalue weighted by Crippen LogP contribution is 2.19. The van der Waals surface area contributed by atoms with Crippen LogP contribution in [0, 0.1) is 0 Å². The highest BCUT2D eigenvalue weighted by molar-refractivity contribution is 5.79. The number of aromatic hydroxyl groups is 1. The maximum Gasteiger partial charge on any atom is 0.227 e. The van der Waals surface area contributed by atoms with Gasteiger partial charge in [-0.3, -0.25) is 4.79 Å². The molecule has 110 valence electrons. The number of carbonyl (C=O) groups excluding carboxylic acids is 1. The summed E-state index contributed by atoms with van der Waals surface area (Å²) < 4.78 is 0. The zero-order valence-corrected chi connectivity index (χ0v) is 12.1. The van der Waals surface area contributed by atoms with E-state index >= 15 is 0 Å². The molecule has 1 aromatic carbocycles. The Morgan fingerprint density at radius 2 is 2.25 bits per heavy atom. The molecule has 4 nitrogen and oxygen atoms in total. The van der Waals surface area contributed by atoms with Gasteiger partial charge in [-0.15, -0.1) is 0 Å². The zero-order valence-electron chi connectivity index (χ0n) is 12.1. The van der Waals surface area contributed by atoms with Gasteiger partial charge < -0.3 is 15.3 Å². The minimum Gasteiger partial charge on any atom is -0.508 e. The van der Waals surface area contributed by atoms with Crippen LogP contribution >= 0.6 is 0 Å². The van der Waals surface area contributed by atoms with Gasteiger partial charge in [0.25, 0.3) is 0 Å². The second-order valence-electron chi connectivity index (χ2n) is 5.39. The quantitative estimate of drug-likeness (QED) is 0.864. The van der Waals surface area contributed by atoms with Crippen molar-refractivity contribution in [3.8, 4) is 5.75 Å². The smallest absolute Gasteiger partial charge is 0.227 e. The number of hydrogen-bond donors (Lipinski definition) is 2. The molecule has 1 saturated heterocycles. The van der Waals surface area contributed by atoms with Crippen LogP contribution in [-0.2, 0) is 11.2 Å². The van der Waals surface area contributed by atoms with Gasteiger partial charge in [0.15, 0.2) is 0 Å². The largest absolute Gasteiger partial charge is 0.508 e. The van der Waals surface area contributed by atoms with Crippen molar-refractivity contribution in [3.05, 3.63) is 29.8 Å². The van der Waals surface area contributed by atoms with E-state index in [1.807, 2.05) is 17.0 Å². The van der Waals surface area contributed by atoms with Crippen molar-refractivity contribution in [1.82, 2.24) is 10.2 Å². The van der Waals surface area contributed by atoms with Crippen LogP contribution < -0.4 is 5.32 Å². The first-order chi connectivity index (χ1) is 9.72. The Bertz CT molecular complexity index is 442.